The standard InChI is InChI=1S/C40H57FN5O9P/c1-3-4-5-6-7-8-9-10-11-12-13-14-15-16-21-51-25-33(52-24-31-17-18-32(23-42)34(41)22-31)26-53-56(49,50)54-27-36-38(47)39(48)40(28-43,55-36)37-20-19-35-30(2)44-29-45-46(35)37/h17-20,22,29,33,36,38-39,47-48H,3-16,21,24-27H2,1-2H3,(H,49,50)/t33-,36-,38-,39-,40+/m1/s1. The number of phosphoric ester groups is 1. The summed E-state index contributed by atoms with van der Waals surface area (Å²) in [6.07, 6.45) is 12.9. The molecule has 6 atom stereocenters. The highest BCUT2D eigenvalue weighted by Gasteiger charge is 2.58. The fourth-order valence-electron chi connectivity index (χ4n) is 6.75. The van der Waals surface area contributed by atoms with Crippen LogP contribution in [-0.2, 0) is 40.0 Å². The first kappa shape index (κ1) is 45.4. The molecule has 0 bridgehead atoms. The molecule has 0 aliphatic carbocycles. The highest BCUT2D eigenvalue weighted by Crippen LogP contribution is 2.46. The van der Waals surface area contributed by atoms with E-state index >= 15 is 0 Å². The number of ether oxygens (including phenoxy) is 3. The average molecular weight is 802 g/mol. The third-order valence-electron chi connectivity index (χ3n) is 10.1. The minimum Gasteiger partial charge on any atom is -0.387 e. The minimum absolute atomic E-state index is 0.00678. The van der Waals surface area contributed by atoms with Crippen LogP contribution in [0.1, 0.15) is 119 Å². The molecule has 0 amide bonds. The number of aliphatic hydroxyl groups excluding tert-OH is 2. The zero-order chi connectivity index (χ0) is 40.4. The lowest BCUT2D eigenvalue weighted by Crippen LogP contribution is -2.41. The van der Waals surface area contributed by atoms with Crippen molar-refractivity contribution in [3.63, 3.8) is 0 Å². The van der Waals surface area contributed by atoms with E-state index in [0.29, 0.717) is 23.4 Å². The van der Waals surface area contributed by atoms with Crippen LogP contribution in [0.5, 0.6) is 0 Å². The summed E-state index contributed by atoms with van der Waals surface area (Å²) in [5, 5.41) is 45.1. The lowest BCUT2D eigenvalue weighted by Gasteiger charge is -2.24. The van der Waals surface area contributed by atoms with Crippen LogP contribution in [0.4, 0.5) is 4.39 Å². The van der Waals surface area contributed by atoms with Crippen molar-refractivity contribution < 1.29 is 47.3 Å². The monoisotopic (exact) mass is 801 g/mol. The molecule has 16 heteroatoms. The number of aliphatic hydroxyl groups is 2. The molecule has 1 aliphatic rings. The number of halogens is 1. The van der Waals surface area contributed by atoms with Gasteiger partial charge in [-0.15, -0.1) is 0 Å². The molecule has 1 saturated heterocycles. The Hall–Kier alpha value is -3.34. The zero-order valence-electron chi connectivity index (χ0n) is 32.6. The van der Waals surface area contributed by atoms with Gasteiger partial charge in [-0.05, 0) is 43.2 Å². The molecule has 1 aromatic carbocycles. The number of aryl methyl sites for hydroxylation is 1. The Morgan fingerprint density at radius 3 is 2.25 bits per heavy atom. The van der Waals surface area contributed by atoms with E-state index < -0.39 is 56.9 Å². The summed E-state index contributed by atoms with van der Waals surface area (Å²) in [7, 11) is -4.80. The molecule has 3 aromatic rings. The van der Waals surface area contributed by atoms with E-state index in [4.69, 9.17) is 28.5 Å². The van der Waals surface area contributed by atoms with Crippen LogP contribution >= 0.6 is 7.82 Å². The van der Waals surface area contributed by atoms with Gasteiger partial charge in [-0.2, -0.15) is 15.6 Å². The molecule has 4 rings (SSSR count). The minimum atomic E-state index is -4.80. The van der Waals surface area contributed by atoms with Crippen LogP contribution < -0.4 is 0 Å². The number of hydrogen-bond donors (Lipinski definition) is 3. The van der Waals surface area contributed by atoms with E-state index in [1.807, 2.05) is 6.07 Å². The van der Waals surface area contributed by atoms with Crippen molar-refractivity contribution in [3.05, 3.63) is 65.0 Å². The first-order chi connectivity index (χ1) is 27.0. The highest BCUT2D eigenvalue weighted by molar-refractivity contribution is 7.47. The van der Waals surface area contributed by atoms with E-state index in [9.17, 15) is 29.3 Å². The summed E-state index contributed by atoms with van der Waals surface area (Å²) >= 11 is 0. The summed E-state index contributed by atoms with van der Waals surface area (Å²) in [4.78, 5) is 14.7. The Morgan fingerprint density at radius 2 is 1.62 bits per heavy atom. The molecule has 2 aromatic heterocycles. The van der Waals surface area contributed by atoms with Crippen LogP contribution in [0.2, 0.25) is 0 Å². The second-order valence-electron chi connectivity index (χ2n) is 14.4. The lowest BCUT2D eigenvalue weighted by atomic mass is 9.92. The van der Waals surface area contributed by atoms with Gasteiger partial charge in [0.15, 0.2) is 0 Å². The molecule has 56 heavy (non-hydrogen) atoms. The molecular formula is C40H57FN5O9P. The van der Waals surface area contributed by atoms with Gasteiger partial charge >= 0.3 is 7.82 Å². The molecule has 0 radical (unpaired) electrons. The number of hydrogen-bond acceptors (Lipinski definition) is 12. The Kier molecular flexibility index (Phi) is 18.8. The summed E-state index contributed by atoms with van der Waals surface area (Å²) < 4.78 is 56.5. The van der Waals surface area contributed by atoms with Crippen molar-refractivity contribution in [3.8, 4) is 12.1 Å². The number of aromatic nitrogens is 3. The summed E-state index contributed by atoms with van der Waals surface area (Å²) in [6, 6.07) is 10.9. The van der Waals surface area contributed by atoms with E-state index in [-0.39, 0.29) is 24.5 Å². The summed E-state index contributed by atoms with van der Waals surface area (Å²) in [5.41, 5.74) is -0.447. The molecule has 1 fully saturated rings. The fraction of sp³-hybridized carbons (Fsp3) is 0.650. The van der Waals surface area contributed by atoms with E-state index in [0.717, 1.165) is 19.3 Å². The van der Waals surface area contributed by atoms with Crippen molar-refractivity contribution in [2.24, 2.45) is 0 Å². The van der Waals surface area contributed by atoms with Crippen molar-refractivity contribution in [2.75, 3.05) is 26.4 Å². The summed E-state index contributed by atoms with van der Waals surface area (Å²) in [5.74, 6) is -0.695. The molecule has 0 saturated carbocycles. The topological polar surface area (TPSA) is 202 Å². The van der Waals surface area contributed by atoms with E-state index in [1.54, 1.807) is 25.1 Å². The fourth-order valence-corrected chi connectivity index (χ4v) is 7.51. The second kappa shape index (κ2) is 23.2. The maximum absolute atomic E-state index is 14.2. The highest BCUT2D eigenvalue weighted by atomic mass is 31.2. The number of fused-ring (bicyclic) bond motifs is 1. The molecule has 3 heterocycles. The largest absolute Gasteiger partial charge is 0.472 e. The Bertz CT molecular complexity index is 1780. The van der Waals surface area contributed by atoms with Gasteiger partial charge in [0.05, 0.1) is 48.9 Å². The predicted octanol–water partition coefficient (Wildman–Crippen LogP) is 7.10. The average Bonchev–Trinajstić information content (AvgIpc) is 3.74. The second-order valence-corrected chi connectivity index (χ2v) is 15.8. The van der Waals surface area contributed by atoms with Gasteiger partial charge in [0.25, 0.3) is 0 Å². The Balaban J connectivity index is 1.23. The van der Waals surface area contributed by atoms with Crippen molar-refractivity contribution >= 4 is 13.3 Å². The predicted molar refractivity (Wildman–Crippen MR) is 204 cm³/mol. The molecule has 1 aliphatic heterocycles. The summed E-state index contributed by atoms with van der Waals surface area (Å²) in [6.45, 7) is 3.18. The van der Waals surface area contributed by atoms with Gasteiger partial charge < -0.3 is 29.3 Å². The quantitative estimate of drug-likeness (QED) is 0.0521. The van der Waals surface area contributed by atoms with Crippen LogP contribution in [0.15, 0.2) is 36.7 Å². The number of nitrogens with zero attached hydrogens (tertiary/aromatic N) is 5. The molecule has 14 nitrogen and oxygen atoms in total. The molecule has 1 unspecified atom stereocenters. The molecule has 308 valence electrons. The number of rotatable bonds is 27. The smallest absolute Gasteiger partial charge is 0.387 e. The molecule has 0 spiro atoms. The van der Waals surface area contributed by atoms with Crippen molar-refractivity contribution in [1.82, 2.24) is 14.6 Å². The van der Waals surface area contributed by atoms with E-state index in [1.165, 1.54) is 99.7 Å². The SMILES string of the molecule is CCCCCCCCCCCCCCCCOC[C@H](COP(=O)(O)OC[C@H]1O[C@@](C#N)(c2ccc3c(C)ncnn23)[C@H](O)[C@@H]1O)OCc1ccc(C#N)c(F)c1. The van der Waals surface area contributed by atoms with Crippen LogP contribution in [0.3, 0.4) is 0 Å². The van der Waals surface area contributed by atoms with Gasteiger partial charge in [0.1, 0.15) is 48.7 Å². The molecule has 3 N–H and O–H groups in total. The van der Waals surface area contributed by atoms with E-state index in [2.05, 4.69) is 17.0 Å². The normalized spacial score (nSPS) is 21.2. The Labute approximate surface area is 329 Å². The van der Waals surface area contributed by atoms with Gasteiger partial charge in [-0.3, -0.25) is 9.05 Å². The van der Waals surface area contributed by atoms with Crippen LogP contribution in [0, 0.1) is 35.4 Å². The Morgan fingerprint density at radius 1 is 0.964 bits per heavy atom. The maximum Gasteiger partial charge on any atom is 0.472 e. The third kappa shape index (κ3) is 13.1. The third-order valence-corrected chi connectivity index (χ3v) is 11.0. The zero-order valence-corrected chi connectivity index (χ0v) is 33.5. The van der Waals surface area contributed by atoms with Crippen LogP contribution in [-0.4, -0.2) is 80.5 Å². The van der Waals surface area contributed by atoms with Gasteiger partial charge in [0.2, 0.25) is 5.60 Å². The number of unbranched alkanes of at least 4 members (excludes halogenated alkanes) is 13. The number of benzene rings is 1. The number of nitriles is 2. The maximum atomic E-state index is 14.2. The van der Waals surface area contributed by atoms with Gasteiger partial charge in [-0.1, -0.05) is 96.5 Å². The first-order valence-electron chi connectivity index (χ1n) is 19.8. The van der Waals surface area contributed by atoms with Crippen LogP contribution in [0.25, 0.3) is 5.52 Å². The number of phosphoric acid groups is 1. The first-order valence-corrected chi connectivity index (χ1v) is 21.3. The van der Waals surface area contributed by atoms with Gasteiger partial charge in [-0.25, -0.2) is 18.5 Å². The van der Waals surface area contributed by atoms with Crippen molar-refractivity contribution in [1.29, 1.82) is 10.5 Å². The van der Waals surface area contributed by atoms with Gasteiger partial charge in [0, 0.05) is 6.61 Å². The lowest BCUT2D eigenvalue weighted by molar-refractivity contribution is -0.0690. The van der Waals surface area contributed by atoms with Crippen molar-refractivity contribution in [2.45, 2.75) is 140 Å². The molecular weight excluding hydrogens is 744 g/mol.